The molecule has 15 heavy (non-hydrogen) atoms. The van der Waals surface area contributed by atoms with E-state index in [1.54, 1.807) is 0 Å². The molecule has 0 saturated carbocycles. The molecule has 1 rings (SSSR count). The van der Waals surface area contributed by atoms with E-state index in [0.717, 1.165) is 25.5 Å². The van der Waals surface area contributed by atoms with E-state index in [1.807, 2.05) is 7.05 Å². The molecule has 0 radical (unpaired) electrons. The largest absolute Gasteiger partial charge is 0.491 e. The first-order valence-electron chi connectivity index (χ1n) is 4.96. The third kappa shape index (κ3) is 4.25. The van der Waals surface area contributed by atoms with Crippen LogP contribution < -0.4 is 10.1 Å². The number of unbranched alkanes of at least 4 members (excludes halogenated alkanes) is 1. The number of hydrogen-bond donors (Lipinski definition) is 1. The van der Waals surface area contributed by atoms with Gasteiger partial charge in [0.05, 0.1) is 6.61 Å². The summed E-state index contributed by atoms with van der Waals surface area (Å²) in [6, 6.07) is 3.32. The lowest BCUT2D eigenvalue weighted by molar-refractivity contribution is 0.291. The molecule has 2 nitrogen and oxygen atoms in total. The van der Waals surface area contributed by atoms with E-state index in [4.69, 9.17) is 4.74 Å². The summed E-state index contributed by atoms with van der Waals surface area (Å²) in [5.74, 6) is -1.13. The highest BCUT2D eigenvalue weighted by Crippen LogP contribution is 2.17. The topological polar surface area (TPSA) is 21.3 Å². The molecule has 1 aromatic carbocycles. The molecule has 0 spiro atoms. The van der Waals surface area contributed by atoms with E-state index >= 15 is 0 Å². The Hall–Kier alpha value is -1.16. The fraction of sp³-hybridized carbons (Fsp3) is 0.455. The molecular formula is C11H15F2NO. The van der Waals surface area contributed by atoms with Crippen molar-refractivity contribution in [2.75, 3.05) is 20.2 Å². The maximum Gasteiger partial charge on any atom is 0.167 e. The maximum atomic E-state index is 13.0. The van der Waals surface area contributed by atoms with Crippen LogP contribution in [0.4, 0.5) is 8.78 Å². The van der Waals surface area contributed by atoms with E-state index in [2.05, 4.69) is 5.32 Å². The van der Waals surface area contributed by atoms with Gasteiger partial charge >= 0.3 is 0 Å². The Labute approximate surface area is 88.3 Å². The first kappa shape index (κ1) is 11.9. The molecule has 0 atom stereocenters. The van der Waals surface area contributed by atoms with Crippen LogP contribution in [0.3, 0.4) is 0 Å². The first-order valence-corrected chi connectivity index (χ1v) is 4.96. The SMILES string of the molecule is CNCCCCOc1ccc(F)cc1F. The van der Waals surface area contributed by atoms with Gasteiger partial charge in [-0.2, -0.15) is 0 Å². The third-order valence-corrected chi connectivity index (χ3v) is 1.97. The van der Waals surface area contributed by atoms with Gasteiger partial charge in [-0.1, -0.05) is 0 Å². The van der Waals surface area contributed by atoms with Crippen molar-refractivity contribution in [1.29, 1.82) is 0 Å². The Kier molecular flexibility index (Phi) is 5.04. The molecule has 0 fully saturated rings. The monoisotopic (exact) mass is 215 g/mol. The van der Waals surface area contributed by atoms with Gasteiger partial charge in [0, 0.05) is 6.07 Å². The second-order valence-electron chi connectivity index (χ2n) is 3.23. The van der Waals surface area contributed by atoms with Crippen LogP contribution in [0, 0.1) is 11.6 Å². The van der Waals surface area contributed by atoms with E-state index in [-0.39, 0.29) is 5.75 Å². The van der Waals surface area contributed by atoms with Gasteiger partial charge in [-0.05, 0) is 38.6 Å². The van der Waals surface area contributed by atoms with Crippen molar-refractivity contribution in [3.8, 4) is 5.75 Å². The van der Waals surface area contributed by atoms with Crippen LogP contribution >= 0.6 is 0 Å². The Morgan fingerprint density at radius 1 is 1.27 bits per heavy atom. The highest BCUT2D eigenvalue weighted by atomic mass is 19.1. The molecule has 0 bridgehead atoms. The average Bonchev–Trinajstić information content (AvgIpc) is 2.20. The molecule has 0 saturated heterocycles. The highest BCUT2D eigenvalue weighted by molar-refractivity contribution is 5.24. The van der Waals surface area contributed by atoms with E-state index in [1.165, 1.54) is 12.1 Å². The van der Waals surface area contributed by atoms with Crippen LogP contribution in [-0.2, 0) is 0 Å². The van der Waals surface area contributed by atoms with Crippen LogP contribution in [0.5, 0.6) is 5.75 Å². The molecule has 0 unspecified atom stereocenters. The Morgan fingerprint density at radius 3 is 2.73 bits per heavy atom. The lowest BCUT2D eigenvalue weighted by Crippen LogP contribution is -2.09. The van der Waals surface area contributed by atoms with Crippen molar-refractivity contribution < 1.29 is 13.5 Å². The van der Waals surface area contributed by atoms with Crippen LogP contribution in [0.25, 0.3) is 0 Å². The van der Waals surface area contributed by atoms with Gasteiger partial charge in [0.1, 0.15) is 5.82 Å². The fourth-order valence-electron chi connectivity index (χ4n) is 1.18. The molecule has 4 heteroatoms. The van der Waals surface area contributed by atoms with Gasteiger partial charge in [0.2, 0.25) is 0 Å². The molecule has 0 aromatic heterocycles. The molecule has 0 aliphatic heterocycles. The van der Waals surface area contributed by atoms with Gasteiger partial charge in [0.25, 0.3) is 0 Å². The molecule has 84 valence electrons. The second-order valence-corrected chi connectivity index (χ2v) is 3.23. The van der Waals surface area contributed by atoms with E-state index < -0.39 is 11.6 Å². The molecule has 0 amide bonds. The smallest absolute Gasteiger partial charge is 0.167 e. The summed E-state index contributed by atoms with van der Waals surface area (Å²) in [6.07, 6.45) is 1.82. The predicted molar refractivity (Wildman–Crippen MR) is 55.0 cm³/mol. The summed E-state index contributed by atoms with van der Waals surface area (Å²) in [5, 5.41) is 3.01. The van der Waals surface area contributed by atoms with Crippen molar-refractivity contribution in [1.82, 2.24) is 5.32 Å². The van der Waals surface area contributed by atoms with Crippen molar-refractivity contribution in [2.45, 2.75) is 12.8 Å². The average molecular weight is 215 g/mol. The fourth-order valence-corrected chi connectivity index (χ4v) is 1.18. The summed E-state index contributed by atoms with van der Waals surface area (Å²) in [6.45, 7) is 1.36. The van der Waals surface area contributed by atoms with E-state index in [9.17, 15) is 8.78 Å². The number of halogens is 2. The first-order chi connectivity index (χ1) is 7.24. The molecule has 0 aliphatic carbocycles. The van der Waals surface area contributed by atoms with Crippen LogP contribution in [-0.4, -0.2) is 20.2 Å². The Bertz CT molecular complexity index is 305. The number of rotatable bonds is 6. The quantitative estimate of drug-likeness (QED) is 0.735. The molecular weight excluding hydrogens is 200 g/mol. The number of nitrogens with one attached hydrogen (secondary N) is 1. The third-order valence-electron chi connectivity index (χ3n) is 1.97. The second kappa shape index (κ2) is 6.35. The van der Waals surface area contributed by atoms with Gasteiger partial charge in [0.15, 0.2) is 11.6 Å². The molecule has 0 aliphatic rings. The number of benzene rings is 1. The lowest BCUT2D eigenvalue weighted by Gasteiger charge is -2.06. The normalized spacial score (nSPS) is 10.3. The number of ether oxygens (including phenoxy) is 1. The van der Waals surface area contributed by atoms with Crippen molar-refractivity contribution >= 4 is 0 Å². The van der Waals surface area contributed by atoms with Crippen molar-refractivity contribution in [3.05, 3.63) is 29.8 Å². The van der Waals surface area contributed by atoms with Gasteiger partial charge < -0.3 is 10.1 Å². The highest BCUT2D eigenvalue weighted by Gasteiger charge is 2.03. The standard InChI is InChI=1S/C11H15F2NO/c1-14-6-2-3-7-15-11-5-4-9(12)8-10(11)13/h4-5,8,14H,2-3,6-7H2,1H3. The maximum absolute atomic E-state index is 13.0. The van der Waals surface area contributed by atoms with Crippen molar-refractivity contribution in [3.63, 3.8) is 0 Å². The molecule has 0 heterocycles. The zero-order chi connectivity index (χ0) is 11.1. The van der Waals surface area contributed by atoms with E-state index in [0.29, 0.717) is 6.61 Å². The van der Waals surface area contributed by atoms with Gasteiger partial charge in [-0.15, -0.1) is 0 Å². The van der Waals surface area contributed by atoms with Crippen LogP contribution in [0.1, 0.15) is 12.8 Å². The van der Waals surface area contributed by atoms with Gasteiger partial charge in [-0.25, -0.2) is 8.78 Å². The van der Waals surface area contributed by atoms with Crippen molar-refractivity contribution in [2.24, 2.45) is 0 Å². The summed E-state index contributed by atoms with van der Waals surface area (Å²) in [4.78, 5) is 0. The number of hydrogen-bond acceptors (Lipinski definition) is 2. The summed E-state index contributed by atoms with van der Waals surface area (Å²) in [7, 11) is 1.88. The summed E-state index contributed by atoms with van der Waals surface area (Å²) < 4.78 is 30.7. The molecule has 1 N–H and O–H groups in total. The predicted octanol–water partition coefficient (Wildman–Crippen LogP) is 2.34. The summed E-state index contributed by atoms with van der Waals surface area (Å²) >= 11 is 0. The minimum Gasteiger partial charge on any atom is -0.491 e. The van der Waals surface area contributed by atoms with Crippen LogP contribution in [0.15, 0.2) is 18.2 Å². The lowest BCUT2D eigenvalue weighted by atomic mass is 10.3. The van der Waals surface area contributed by atoms with Gasteiger partial charge in [-0.3, -0.25) is 0 Å². The zero-order valence-corrected chi connectivity index (χ0v) is 8.72. The zero-order valence-electron chi connectivity index (χ0n) is 8.72. The Morgan fingerprint density at radius 2 is 2.07 bits per heavy atom. The Balaban J connectivity index is 2.31. The summed E-state index contributed by atoms with van der Waals surface area (Å²) in [5.41, 5.74) is 0. The minimum absolute atomic E-state index is 0.112. The minimum atomic E-state index is -0.649. The molecule has 1 aromatic rings. The van der Waals surface area contributed by atoms with Crippen LogP contribution in [0.2, 0.25) is 0 Å².